The number of thiazole rings is 1. The maximum atomic E-state index is 11.0. The topological polar surface area (TPSA) is 67.5 Å². The highest BCUT2D eigenvalue weighted by atomic mass is 32.1. The number of hydrogen-bond donors (Lipinski definition) is 1. The van der Waals surface area contributed by atoms with Gasteiger partial charge < -0.3 is 5.11 Å². The molecule has 0 aliphatic heterocycles. The molecule has 3 aromatic rings. The van der Waals surface area contributed by atoms with Gasteiger partial charge in [0.1, 0.15) is 0 Å². The van der Waals surface area contributed by atoms with Crippen LogP contribution in [0.1, 0.15) is 11.4 Å². The summed E-state index contributed by atoms with van der Waals surface area (Å²) >= 11 is 1.50. The summed E-state index contributed by atoms with van der Waals surface area (Å²) in [5.41, 5.74) is 3.38. The minimum Gasteiger partial charge on any atom is -0.481 e. The van der Waals surface area contributed by atoms with E-state index in [0.29, 0.717) is 0 Å². The zero-order chi connectivity index (χ0) is 13.4. The molecule has 0 unspecified atom stereocenters. The summed E-state index contributed by atoms with van der Waals surface area (Å²) in [4.78, 5) is 20.3. The zero-order valence-electron chi connectivity index (χ0n) is 10.2. The molecule has 0 bridgehead atoms. The van der Waals surface area contributed by atoms with Gasteiger partial charge in [0, 0.05) is 23.3 Å². The van der Waals surface area contributed by atoms with Gasteiger partial charge in [-0.25, -0.2) is 4.98 Å². The standard InChI is InChI=1S/C13H11N3O2S/c1-8-10(5-12(17)18)16-11(7-19-13(16)15-8)9-3-2-4-14-6-9/h2-4,6-7H,5H2,1H3,(H,17,18). The van der Waals surface area contributed by atoms with Crippen LogP contribution in [0.5, 0.6) is 0 Å². The molecule has 0 aliphatic rings. The Balaban J connectivity index is 2.24. The third-order valence-electron chi connectivity index (χ3n) is 2.94. The van der Waals surface area contributed by atoms with Crippen LogP contribution >= 0.6 is 11.3 Å². The maximum absolute atomic E-state index is 11.0. The van der Waals surface area contributed by atoms with Crippen LogP contribution in [-0.4, -0.2) is 25.4 Å². The number of fused-ring (bicyclic) bond motifs is 1. The molecule has 1 N–H and O–H groups in total. The van der Waals surface area contributed by atoms with Gasteiger partial charge in [0.15, 0.2) is 4.96 Å². The third-order valence-corrected chi connectivity index (χ3v) is 3.76. The smallest absolute Gasteiger partial charge is 0.309 e. The summed E-state index contributed by atoms with van der Waals surface area (Å²) in [7, 11) is 0. The van der Waals surface area contributed by atoms with Crippen LogP contribution in [0.15, 0.2) is 29.9 Å². The number of carboxylic acid groups (broad SMARTS) is 1. The predicted octanol–water partition coefficient (Wildman–Crippen LogP) is 2.39. The van der Waals surface area contributed by atoms with Crippen LogP contribution in [0.2, 0.25) is 0 Å². The molecule has 3 heterocycles. The Kier molecular flexibility index (Phi) is 2.79. The average Bonchev–Trinajstić information content (AvgIpc) is 2.91. The van der Waals surface area contributed by atoms with Crippen molar-refractivity contribution >= 4 is 22.3 Å². The molecule has 0 saturated heterocycles. The van der Waals surface area contributed by atoms with Crippen LogP contribution < -0.4 is 0 Å². The number of carboxylic acids is 1. The van der Waals surface area contributed by atoms with Crippen molar-refractivity contribution in [2.24, 2.45) is 0 Å². The average molecular weight is 273 g/mol. The highest BCUT2D eigenvalue weighted by molar-refractivity contribution is 7.15. The number of imidazole rings is 1. The van der Waals surface area contributed by atoms with Crippen molar-refractivity contribution in [1.29, 1.82) is 0 Å². The molecule has 0 spiro atoms. The predicted molar refractivity (Wildman–Crippen MR) is 72.4 cm³/mol. The molecule has 6 heteroatoms. The second-order valence-corrected chi connectivity index (χ2v) is 5.03. The summed E-state index contributed by atoms with van der Waals surface area (Å²) < 4.78 is 1.91. The lowest BCUT2D eigenvalue weighted by atomic mass is 10.2. The molecule has 0 aliphatic carbocycles. The second kappa shape index (κ2) is 4.47. The van der Waals surface area contributed by atoms with Gasteiger partial charge >= 0.3 is 5.97 Å². The molecule has 0 atom stereocenters. The van der Waals surface area contributed by atoms with Gasteiger partial charge in [0.05, 0.1) is 23.5 Å². The van der Waals surface area contributed by atoms with Crippen molar-refractivity contribution in [3.63, 3.8) is 0 Å². The number of aliphatic carboxylic acids is 1. The van der Waals surface area contributed by atoms with Gasteiger partial charge in [-0.3, -0.25) is 14.2 Å². The minimum atomic E-state index is -0.853. The lowest BCUT2D eigenvalue weighted by Gasteiger charge is -2.03. The van der Waals surface area contributed by atoms with E-state index in [2.05, 4.69) is 9.97 Å². The van der Waals surface area contributed by atoms with Crippen molar-refractivity contribution in [2.75, 3.05) is 0 Å². The van der Waals surface area contributed by atoms with E-state index in [1.54, 1.807) is 12.4 Å². The fourth-order valence-corrected chi connectivity index (χ4v) is 3.05. The SMILES string of the molecule is Cc1nc2scc(-c3cccnc3)n2c1CC(=O)O. The van der Waals surface area contributed by atoms with Crippen LogP contribution in [-0.2, 0) is 11.2 Å². The van der Waals surface area contributed by atoms with E-state index in [9.17, 15) is 4.79 Å². The van der Waals surface area contributed by atoms with Gasteiger partial charge in [0.2, 0.25) is 0 Å². The highest BCUT2D eigenvalue weighted by Crippen LogP contribution is 2.28. The molecule has 0 amide bonds. The van der Waals surface area contributed by atoms with Crippen LogP contribution in [0.3, 0.4) is 0 Å². The molecule has 3 rings (SSSR count). The number of aromatic nitrogens is 3. The van der Waals surface area contributed by atoms with Gasteiger partial charge in [-0.15, -0.1) is 11.3 Å². The van der Waals surface area contributed by atoms with Gasteiger partial charge in [-0.2, -0.15) is 0 Å². The Hall–Kier alpha value is -2.21. The Morgan fingerprint density at radius 3 is 3.05 bits per heavy atom. The largest absolute Gasteiger partial charge is 0.481 e. The normalized spacial score (nSPS) is 11.0. The molecular weight excluding hydrogens is 262 g/mol. The molecule has 19 heavy (non-hydrogen) atoms. The fraction of sp³-hybridized carbons (Fsp3) is 0.154. The number of nitrogens with zero attached hydrogens (tertiary/aromatic N) is 3. The van der Waals surface area contributed by atoms with E-state index in [0.717, 1.165) is 27.6 Å². The first kappa shape index (κ1) is 11.9. The summed E-state index contributed by atoms with van der Waals surface area (Å²) in [5.74, 6) is -0.853. The Bertz CT molecular complexity index is 746. The first-order valence-corrected chi connectivity index (χ1v) is 6.62. The van der Waals surface area contributed by atoms with E-state index in [1.165, 1.54) is 11.3 Å². The summed E-state index contributed by atoms with van der Waals surface area (Å²) in [5, 5.41) is 11.0. The molecule has 0 radical (unpaired) electrons. The molecule has 0 saturated carbocycles. The van der Waals surface area contributed by atoms with Gasteiger partial charge in [0.25, 0.3) is 0 Å². The Morgan fingerprint density at radius 1 is 1.53 bits per heavy atom. The number of rotatable bonds is 3. The van der Waals surface area contributed by atoms with E-state index in [-0.39, 0.29) is 6.42 Å². The third kappa shape index (κ3) is 2.00. The lowest BCUT2D eigenvalue weighted by Crippen LogP contribution is -2.05. The number of aryl methyl sites for hydroxylation is 1. The van der Waals surface area contributed by atoms with Crippen LogP contribution in [0, 0.1) is 6.92 Å². The van der Waals surface area contributed by atoms with E-state index in [4.69, 9.17) is 5.11 Å². The van der Waals surface area contributed by atoms with Crippen molar-refractivity contribution in [3.05, 3.63) is 41.3 Å². The number of pyridine rings is 1. The lowest BCUT2D eigenvalue weighted by molar-refractivity contribution is -0.136. The van der Waals surface area contributed by atoms with Crippen molar-refractivity contribution in [2.45, 2.75) is 13.3 Å². The Morgan fingerprint density at radius 2 is 2.37 bits per heavy atom. The summed E-state index contributed by atoms with van der Waals surface area (Å²) in [6, 6.07) is 3.81. The monoisotopic (exact) mass is 273 g/mol. The molecular formula is C13H11N3O2S. The van der Waals surface area contributed by atoms with E-state index >= 15 is 0 Å². The molecule has 3 aromatic heterocycles. The zero-order valence-corrected chi connectivity index (χ0v) is 11.0. The minimum absolute atomic E-state index is 0.0308. The number of carbonyl (C=O) groups is 1. The number of hydrogen-bond acceptors (Lipinski definition) is 4. The van der Waals surface area contributed by atoms with Crippen molar-refractivity contribution < 1.29 is 9.90 Å². The molecule has 0 fully saturated rings. The fourth-order valence-electron chi connectivity index (χ4n) is 2.09. The molecule has 96 valence electrons. The first-order chi connectivity index (χ1) is 9.16. The van der Waals surface area contributed by atoms with Crippen LogP contribution in [0.4, 0.5) is 0 Å². The van der Waals surface area contributed by atoms with E-state index < -0.39 is 5.97 Å². The second-order valence-electron chi connectivity index (χ2n) is 4.20. The summed E-state index contributed by atoms with van der Waals surface area (Å²) in [6.07, 6.45) is 3.45. The van der Waals surface area contributed by atoms with Crippen molar-refractivity contribution in [3.8, 4) is 11.3 Å². The molecule has 5 nitrogen and oxygen atoms in total. The van der Waals surface area contributed by atoms with Gasteiger partial charge in [-0.05, 0) is 19.1 Å². The van der Waals surface area contributed by atoms with E-state index in [1.807, 2.05) is 28.8 Å². The van der Waals surface area contributed by atoms with Crippen molar-refractivity contribution in [1.82, 2.24) is 14.4 Å². The highest BCUT2D eigenvalue weighted by Gasteiger charge is 2.17. The maximum Gasteiger partial charge on any atom is 0.309 e. The first-order valence-electron chi connectivity index (χ1n) is 5.74. The van der Waals surface area contributed by atoms with Gasteiger partial charge in [-0.1, -0.05) is 0 Å². The Labute approximate surface area is 113 Å². The molecule has 0 aromatic carbocycles. The van der Waals surface area contributed by atoms with Crippen LogP contribution in [0.25, 0.3) is 16.2 Å². The summed E-state index contributed by atoms with van der Waals surface area (Å²) in [6.45, 7) is 1.84. The quantitative estimate of drug-likeness (QED) is 0.795.